The van der Waals surface area contributed by atoms with E-state index in [0.717, 1.165) is 18.8 Å². The predicted octanol–water partition coefficient (Wildman–Crippen LogP) is 6.23. The molecule has 0 aromatic carbocycles. The number of halogens is 3. The Bertz CT molecular complexity index is 615. The molecule has 1 fully saturated rings. The zero-order valence-corrected chi connectivity index (χ0v) is 19.7. The van der Waals surface area contributed by atoms with Crippen LogP contribution in [0.1, 0.15) is 71.1 Å². The third-order valence-corrected chi connectivity index (χ3v) is 4.77. The zero-order valence-electron chi connectivity index (χ0n) is 19.7. The molecule has 0 amide bonds. The molecule has 0 unspecified atom stereocenters. The van der Waals surface area contributed by atoms with E-state index in [9.17, 15) is 18.0 Å². The summed E-state index contributed by atoms with van der Waals surface area (Å²) in [6.45, 7) is 10.6. The van der Waals surface area contributed by atoms with E-state index in [1.165, 1.54) is 39.1 Å². The lowest BCUT2D eigenvalue weighted by molar-refractivity contribution is -0.149. The first kappa shape index (κ1) is 29.2. The maximum atomic E-state index is 12.7. The summed E-state index contributed by atoms with van der Waals surface area (Å²) in [5.41, 5.74) is -0.890. The van der Waals surface area contributed by atoms with E-state index in [0.29, 0.717) is 19.6 Å². The van der Waals surface area contributed by atoms with Crippen LogP contribution in [0.15, 0.2) is 12.3 Å². The first-order valence-corrected chi connectivity index (χ1v) is 11.0. The minimum absolute atomic E-state index is 0.0180. The highest BCUT2D eigenvalue weighted by Gasteiger charge is 2.36. The molecule has 1 aromatic rings. The van der Waals surface area contributed by atoms with Gasteiger partial charge in [0, 0.05) is 26.3 Å². The Labute approximate surface area is 184 Å². The maximum Gasteiger partial charge on any atom is 0.421 e. The number of carbonyl (C=O) groups is 1. The van der Waals surface area contributed by atoms with Crippen LogP contribution in [-0.4, -0.2) is 37.9 Å². The molecule has 1 saturated carbocycles. The third-order valence-electron chi connectivity index (χ3n) is 4.77. The summed E-state index contributed by atoms with van der Waals surface area (Å²) in [5.74, 6) is 0.835. The lowest BCUT2D eigenvalue weighted by atomic mass is 9.83. The molecule has 1 heterocycles. The second-order valence-corrected chi connectivity index (χ2v) is 7.17. The largest absolute Gasteiger partial charge is 0.493 e. The third kappa shape index (κ3) is 11.4. The number of aryl methyl sites for hydroxylation is 1. The first-order valence-electron chi connectivity index (χ1n) is 11.0. The van der Waals surface area contributed by atoms with E-state index in [1.54, 1.807) is 0 Å². The topological polar surface area (TPSA) is 57.7 Å². The van der Waals surface area contributed by atoms with E-state index in [2.05, 4.69) is 11.9 Å². The van der Waals surface area contributed by atoms with Crippen LogP contribution in [0.25, 0.3) is 0 Å². The summed E-state index contributed by atoms with van der Waals surface area (Å²) >= 11 is 0. The summed E-state index contributed by atoms with van der Waals surface area (Å²) in [4.78, 5) is 14.9. The second-order valence-electron chi connectivity index (χ2n) is 7.17. The molecule has 0 saturated heterocycles. The van der Waals surface area contributed by atoms with Gasteiger partial charge in [-0.05, 0) is 51.5 Å². The van der Waals surface area contributed by atoms with Gasteiger partial charge in [0.05, 0.1) is 24.8 Å². The van der Waals surface area contributed by atoms with Crippen molar-refractivity contribution in [3.05, 3.63) is 23.5 Å². The SMILES string of the molecule is CC.CCOC(=O)C1CCC(C)CC1.COCCCOc1ccnc(C)c1C(F)(F)F. The van der Waals surface area contributed by atoms with Gasteiger partial charge in [-0.25, -0.2) is 0 Å². The van der Waals surface area contributed by atoms with Crippen LogP contribution in [0, 0.1) is 18.8 Å². The summed E-state index contributed by atoms with van der Waals surface area (Å²) in [6, 6.07) is 1.22. The molecule has 0 bridgehead atoms. The van der Waals surface area contributed by atoms with E-state index >= 15 is 0 Å². The van der Waals surface area contributed by atoms with Crippen molar-refractivity contribution in [3.63, 3.8) is 0 Å². The Balaban J connectivity index is 0.000000564. The zero-order chi connectivity index (χ0) is 23.9. The highest BCUT2D eigenvalue weighted by molar-refractivity contribution is 5.72. The van der Waals surface area contributed by atoms with Gasteiger partial charge in [-0.15, -0.1) is 0 Å². The van der Waals surface area contributed by atoms with Gasteiger partial charge in [-0.1, -0.05) is 20.8 Å². The van der Waals surface area contributed by atoms with Crippen molar-refractivity contribution in [2.75, 3.05) is 26.9 Å². The highest BCUT2D eigenvalue weighted by Crippen LogP contribution is 2.37. The standard InChI is InChI=1S/C11H14F3NO2.C10H18O2.C2H6/c1-8-10(11(12,13)14)9(4-5-15-8)17-7-3-6-16-2;1-3-12-10(11)9-6-4-8(2)5-7-9;1-2/h4-5H,3,6-7H2,1-2H3;8-9H,3-7H2,1-2H3;1-2H3. The van der Waals surface area contributed by atoms with Crippen molar-refractivity contribution in [2.45, 2.75) is 72.9 Å². The minimum atomic E-state index is -4.45. The Morgan fingerprint density at radius 3 is 2.29 bits per heavy atom. The van der Waals surface area contributed by atoms with Gasteiger partial charge in [0.1, 0.15) is 11.3 Å². The van der Waals surface area contributed by atoms with E-state index in [4.69, 9.17) is 14.2 Å². The number of hydrogen-bond acceptors (Lipinski definition) is 5. The highest BCUT2D eigenvalue weighted by atomic mass is 19.4. The molecular weight excluding hydrogens is 411 g/mol. The molecule has 180 valence electrons. The molecule has 31 heavy (non-hydrogen) atoms. The monoisotopic (exact) mass is 449 g/mol. The molecular formula is C23H38F3NO4. The number of rotatable bonds is 7. The molecule has 0 aliphatic heterocycles. The molecule has 2 rings (SSSR count). The van der Waals surface area contributed by atoms with Crippen LogP contribution in [-0.2, 0) is 20.4 Å². The predicted molar refractivity (Wildman–Crippen MR) is 115 cm³/mol. The maximum absolute atomic E-state index is 12.7. The lowest BCUT2D eigenvalue weighted by Crippen LogP contribution is -2.22. The van der Waals surface area contributed by atoms with Gasteiger partial charge in [0.15, 0.2) is 0 Å². The molecule has 1 aromatic heterocycles. The summed E-state index contributed by atoms with van der Waals surface area (Å²) < 4.78 is 53.1. The second kappa shape index (κ2) is 15.9. The molecule has 0 atom stereocenters. The fourth-order valence-electron chi connectivity index (χ4n) is 3.15. The molecule has 0 spiro atoms. The molecule has 1 aliphatic carbocycles. The van der Waals surface area contributed by atoms with Crippen molar-refractivity contribution in [2.24, 2.45) is 11.8 Å². The number of carbonyl (C=O) groups excluding carboxylic acids is 1. The first-order chi connectivity index (χ1) is 14.7. The van der Waals surface area contributed by atoms with Gasteiger partial charge in [0.2, 0.25) is 0 Å². The number of nitrogens with zero attached hydrogens (tertiary/aromatic N) is 1. The van der Waals surface area contributed by atoms with Crippen molar-refractivity contribution in [1.29, 1.82) is 0 Å². The molecule has 8 heteroatoms. The van der Waals surface area contributed by atoms with Crippen LogP contribution in [0.4, 0.5) is 13.2 Å². The fraction of sp³-hybridized carbons (Fsp3) is 0.739. The molecule has 0 radical (unpaired) electrons. The quantitative estimate of drug-likeness (QED) is 0.365. The summed E-state index contributed by atoms with van der Waals surface area (Å²) in [6.07, 6.45) is 1.81. The van der Waals surface area contributed by atoms with Gasteiger partial charge < -0.3 is 14.2 Å². The average Bonchev–Trinajstić information content (AvgIpc) is 2.73. The van der Waals surface area contributed by atoms with Crippen LogP contribution in [0.5, 0.6) is 5.75 Å². The number of aromatic nitrogens is 1. The Hall–Kier alpha value is -1.83. The smallest absolute Gasteiger partial charge is 0.421 e. The fourth-order valence-corrected chi connectivity index (χ4v) is 3.15. The Kier molecular flexibility index (Phi) is 15.0. The average molecular weight is 450 g/mol. The van der Waals surface area contributed by atoms with Crippen molar-refractivity contribution in [1.82, 2.24) is 4.98 Å². The Morgan fingerprint density at radius 1 is 1.16 bits per heavy atom. The van der Waals surface area contributed by atoms with Crippen LogP contribution >= 0.6 is 0 Å². The van der Waals surface area contributed by atoms with Gasteiger partial charge in [0.25, 0.3) is 0 Å². The number of ether oxygens (including phenoxy) is 3. The number of pyridine rings is 1. The lowest BCUT2D eigenvalue weighted by Gasteiger charge is -2.24. The molecule has 0 N–H and O–H groups in total. The number of alkyl halides is 3. The van der Waals surface area contributed by atoms with Crippen molar-refractivity contribution in [3.8, 4) is 5.75 Å². The van der Waals surface area contributed by atoms with Crippen molar-refractivity contribution >= 4 is 5.97 Å². The van der Waals surface area contributed by atoms with Crippen LogP contribution in [0.3, 0.4) is 0 Å². The summed E-state index contributed by atoms with van der Waals surface area (Å²) in [7, 11) is 1.53. The summed E-state index contributed by atoms with van der Waals surface area (Å²) in [5, 5.41) is 0. The van der Waals surface area contributed by atoms with Gasteiger partial charge in [-0.3, -0.25) is 9.78 Å². The van der Waals surface area contributed by atoms with Crippen molar-refractivity contribution < 1.29 is 32.2 Å². The van der Waals surface area contributed by atoms with E-state index in [-0.39, 0.29) is 29.9 Å². The number of hydrogen-bond donors (Lipinski definition) is 0. The minimum Gasteiger partial charge on any atom is -0.493 e. The van der Waals surface area contributed by atoms with Gasteiger partial charge >= 0.3 is 12.1 Å². The number of methoxy groups -OCH3 is 1. The van der Waals surface area contributed by atoms with Crippen LogP contribution in [0.2, 0.25) is 0 Å². The van der Waals surface area contributed by atoms with Crippen LogP contribution < -0.4 is 4.74 Å². The number of esters is 1. The van der Waals surface area contributed by atoms with Gasteiger partial charge in [-0.2, -0.15) is 13.2 Å². The molecule has 1 aliphatic rings. The normalized spacial score (nSPS) is 18.1. The Morgan fingerprint density at radius 2 is 1.77 bits per heavy atom. The van der Waals surface area contributed by atoms with E-state index < -0.39 is 11.7 Å². The van der Waals surface area contributed by atoms with E-state index in [1.807, 2.05) is 20.8 Å². The molecule has 5 nitrogen and oxygen atoms in total.